The number of fused-ring (bicyclic) bond motifs is 1. The Morgan fingerprint density at radius 1 is 0.865 bits per heavy atom. The molecule has 4 aromatic rings. The third-order valence-corrected chi connectivity index (χ3v) is 5.67. The van der Waals surface area contributed by atoms with E-state index in [0.29, 0.717) is 46.0 Å². The van der Waals surface area contributed by atoms with E-state index in [1.165, 1.54) is 24.4 Å². The molecule has 7 nitrogen and oxygen atoms in total. The zero-order valence-electron chi connectivity index (χ0n) is 19.8. The number of carbonyl (C=O) groups excluding carboxylic acids is 2. The van der Waals surface area contributed by atoms with Crippen molar-refractivity contribution in [3.05, 3.63) is 100 Å². The van der Waals surface area contributed by atoms with E-state index in [2.05, 4.69) is 34.0 Å². The monoisotopic (exact) mass is 535 g/mol. The van der Waals surface area contributed by atoms with Gasteiger partial charge in [-0.05, 0) is 65.2 Å². The highest BCUT2D eigenvalue weighted by atomic mass is 35.5. The number of ether oxygens (including phenoxy) is 2. The number of hydrogen-bond acceptors (Lipinski definition) is 5. The maximum absolute atomic E-state index is 12.1. The SMILES string of the molecule is CCOc1cc(/C=N/NC(=O)C(=O)Nc2cc(Cl)cc(Cl)c2)ccc1OCc1cccc2ccccc12. The molecule has 4 aromatic carbocycles. The van der Waals surface area contributed by atoms with Crippen LogP contribution in [0.4, 0.5) is 5.69 Å². The molecule has 2 amide bonds. The highest BCUT2D eigenvalue weighted by molar-refractivity contribution is 6.40. The average molecular weight is 536 g/mol. The molecule has 0 saturated carbocycles. The van der Waals surface area contributed by atoms with E-state index in [4.69, 9.17) is 32.7 Å². The van der Waals surface area contributed by atoms with Crippen molar-refractivity contribution in [3.8, 4) is 11.5 Å². The number of carbonyl (C=O) groups is 2. The molecule has 0 radical (unpaired) electrons. The van der Waals surface area contributed by atoms with E-state index in [-0.39, 0.29) is 0 Å². The summed E-state index contributed by atoms with van der Waals surface area (Å²) in [7, 11) is 0. The number of hydrogen-bond donors (Lipinski definition) is 2. The third-order valence-electron chi connectivity index (χ3n) is 5.24. The summed E-state index contributed by atoms with van der Waals surface area (Å²) >= 11 is 11.8. The summed E-state index contributed by atoms with van der Waals surface area (Å²) in [6.07, 6.45) is 1.40. The quantitative estimate of drug-likeness (QED) is 0.159. The number of nitrogens with zero attached hydrogens (tertiary/aromatic N) is 1. The molecule has 0 bridgehead atoms. The highest BCUT2D eigenvalue weighted by Gasteiger charge is 2.14. The molecule has 0 spiro atoms. The topological polar surface area (TPSA) is 89.0 Å². The second-order valence-corrected chi connectivity index (χ2v) is 8.75. The molecule has 0 aliphatic heterocycles. The number of hydrazone groups is 1. The van der Waals surface area contributed by atoms with Crippen LogP contribution in [0.2, 0.25) is 10.0 Å². The van der Waals surface area contributed by atoms with Crippen LogP contribution in [0.1, 0.15) is 18.1 Å². The largest absolute Gasteiger partial charge is 0.490 e. The van der Waals surface area contributed by atoms with Crippen LogP contribution in [0.5, 0.6) is 11.5 Å². The molecule has 9 heteroatoms. The predicted octanol–water partition coefficient (Wildman–Crippen LogP) is 6.21. The van der Waals surface area contributed by atoms with Gasteiger partial charge in [-0.2, -0.15) is 5.10 Å². The Kier molecular flexibility index (Phi) is 8.61. The van der Waals surface area contributed by atoms with Gasteiger partial charge in [0.1, 0.15) is 6.61 Å². The second kappa shape index (κ2) is 12.3. The maximum atomic E-state index is 12.1. The Bertz CT molecular complexity index is 1450. The first-order valence-electron chi connectivity index (χ1n) is 11.4. The lowest BCUT2D eigenvalue weighted by atomic mass is 10.1. The van der Waals surface area contributed by atoms with E-state index in [1.807, 2.05) is 31.2 Å². The first-order chi connectivity index (χ1) is 17.9. The fraction of sp³-hybridized carbons (Fsp3) is 0.107. The Morgan fingerprint density at radius 3 is 2.41 bits per heavy atom. The molecule has 0 atom stereocenters. The normalized spacial score (nSPS) is 10.9. The average Bonchev–Trinajstić information content (AvgIpc) is 2.87. The van der Waals surface area contributed by atoms with Crippen molar-refractivity contribution in [2.24, 2.45) is 5.10 Å². The van der Waals surface area contributed by atoms with E-state index in [9.17, 15) is 9.59 Å². The number of nitrogens with one attached hydrogen (secondary N) is 2. The molecule has 0 heterocycles. The minimum Gasteiger partial charge on any atom is -0.490 e. The Balaban J connectivity index is 1.39. The van der Waals surface area contributed by atoms with Crippen LogP contribution < -0.4 is 20.2 Å². The molecule has 188 valence electrons. The maximum Gasteiger partial charge on any atom is 0.329 e. The van der Waals surface area contributed by atoms with Gasteiger partial charge >= 0.3 is 11.8 Å². The van der Waals surface area contributed by atoms with Gasteiger partial charge in [0, 0.05) is 15.7 Å². The molecule has 4 rings (SSSR count). The Morgan fingerprint density at radius 2 is 1.62 bits per heavy atom. The van der Waals surface area contributed by atoms with Crippen LogP contribution in [0.25, 0.3) is 10.8 Å². The van der Waals surface area contributed by atoms with Gasteiger partial charge in [0.2, 0.25) is 0 Å². The molecule has 0 saturated heterocycles. The van der Waals surface area contributed by atoms with Gasteiger partial charge in [-0.3, -0.25) is 9.59 Å². The second-order valence-electron chi connectivity index (χ2n) is 7.88. The van der Waals surface area contributed by atoms with Gasteiger partial charge in [0.25, 0.3) is 0 Å². The summed E-state index contributed by atoms with van der Waals surface area (Å²) in [5.74, 6) is -0.751. The zero-order valence-corrected chi connectivity index (χ0v) is 21.3. The van der Waals surface area contributed by atoms with Crippen molar-refractivity contribution in [3.63, 3.8) is 0 Å². The fourth-order valence-electron chi connectivity index (χ4n) is 3.60. The van der Waals surface area contributed by atoms with Crippen molar-refractivity contribution in [1.82, 2.24) is 5.43 Å². The molecule has 0 unspecified atom stereocenters. The van der Waals surface area contributed by atoms with Crippen molar-refractivity contribution >= 4 is 57.7 Å². The smallest absolute Gasteiger partial charge is 0.329 e. The Labute approximate surface area is 224 Å². The fourth-order valence-corrected chi connectivity index (χ4v) is 4.12. The number of rotatable bonds is 8. The van der Waals surface area contributed by atoms with Crippen LogP contribution in [0, 0.1) is 0 Å². The highest BCUT2D eigenvalue weighted by Crippen LogP contribution is 2.30. The molecule has 0 fully saturated rings. The van der Waals surface area contributed by atoms with Crippen molar-refractivity contribution in [2.75, 3.05) is 11.9 Å². The lowest BCUT2D eigenvalue weighted by molar-refractivity contribution is -0.136. The third kappa shape index (κ3) is 7.00. The van der Waals surface area contributed by atoms with E-state index in [0.717, 1.165) is 16.3 Å². The molecule has 37 heavy (non-hydrogen) atoms. The molecule has 0 aliphatic carbocycles. The van der Waals surface area contributed by atoms with Gasteiger partial charge in [0.15, 0.2) is 11.5 Å². The van der Waals surface area contributed by atoms with Crippen LogP contribution >= 0.6 is 23.2 Å². The first kappa shape index (κ1) is 26.0. The summed E-state index contributed by atoms with van der Waals surface area (Å²) in [5.41, 5.74) is 4.19. The number of halogens is 2. The lowest BCUT2D eigenvalue weighted by Crippen LogP contribution is -2.32. The standard InChI is InChI=1S/C28H23Cl2N3O4/c1-2-36-26-12-18(16-31-33-28(35)27(34)32-23-14-21(29)13-22(30)15-23)10-11-25(26)37-17-20-8-5-7-19-6-3-4-9-24(19)20/h3-16H,2,17H2,1H3,(H,32,34)(H,33,35)/b31-16+. The molecule has 0 aliphatic rings. The summed E-state index contributed by atoms with van der Waals surface area (Å²) < 4.78 is 11.8. The number of amides is 2. The summed E-state index contributed by atoms with van der Waals surface area (Å²) in [5, 5.41) is 9.21. The van der Waals surface area contributed by atoms with Crippen LogP contribution in [-0.2, 0) is 16.2 Å². The van der Waals surface area contributed by atoms with Crippen LogP contribution in [0.3, 0.4) is 0 Å². The Hall–Kier alpha value is -4.07. The van der Waals surface area contributed by atoms with Crippen molar-refractivity contribution in [1.29, 1.82) is 0 Å². The van der Waals surface area contributed by atoms with Crippen LogP contribution in [-0.4, -0.2) is 24.6 Å². The first-order valence-corrected chi connectivity index (χ1v) is 12.2. The van der Waals surface area contributed by atoms with Crippen molar-refractivity contribution in [2.45, 2.75) is 13.5 Å². The molecule has 2 N–H and O–H groups in total. The minimum absolute atomic E-state index is 0.294. The molecule has 0 aromatic heterocycles. The van der Waals surface area contributed by atoms with Crippen molar-refractivity contribution < 1.29 is 19.1 Å². The minimum atomic E-state index is -0.951. The number of benzene rings is 4. The zero-order chi connectivity index (χ0) is 26.2. The van der Waals surface area contributed by atoms with E-state index >= 15 is 0 Å². The predicted molar refractivity (Wildman–Crippen MR) is 147 cm³/mol. The summed E-state index contributed by atoms with van der Waals surface area (Å²) in [6.45, 7) is 2.69. The molecular weight excluding hydrogens is 513 g/mol. The van der Waals surface area contributed by atoms with E-state index < -0.39 is 11.8 Å². The van der Waals surface area contributed by atoms with Gasteiger partial charge in [-0.25, -0.2) is 5.43 Å². The van der Waals surface area contributed by atoms with Gasteiger partial charge in [0.05, 0.1) is 12.8 Å². The van der Waals surface area contributed by atoms with Gasteiger partial charge in [-0.15, -0.1) is 0 Å². The van der Waals surface area contributed by atoms with E-state index in [1.54, 1.807) is 18.2 Å². The summed E-state index contributed by atoms with van der Waals surface area (Å²) in [4.78, 5) is 24.2. The van der Waals surface area contributed by atoms with Crippen LogP contribution in [0.15, 0.2) is 84.0 Å². The number of anilines is 1. The lowest BCUT2D eigenvalue weighted by Gasteiger charge is -2.13. The summed E-state index contributed by atoms with van der Waals surface area (Å²) in [6, 6.07) is 24.0. The van der Waals surface area contributed by atoms with Gasteiger partial charge in [-0.1, -0.05) is 65.7 Å². The van der Waals surface area contributed by atoms with Gasteiger partial charge < -0.3 is 14.8 Å². The molecular formula is C28H23Cl2N3O4.